The zero-order valence-electron chi connectivity index (χ0n) is 16.7. The van der Waals surface area contributed by atoms with E-state index < -0.39 is 0 Å². The van der Waals surface area contributed by atoms with Gasteiger partial charge >= 0.3 is 0 Å². The Kier molecular flexibility index (Phi) is 5.16. The zero-order valence-corrected chi connectivity index (χ0v) is 17.5. The molecule has 4 heterocycles. The summed E-state index contributed by atoms with van der Waals surface area (Å²) in [5.41, 5.74) is 5.07. The molecule has 1 aliphatic rings. The maximum absolute atomic E-state index is 12.7. The molecule has 0 saturated carbocycles. The van der Waals surface area contributed by atoms with E-state index in [0.717, 1.165) is 52.5 Å². The highest BCUT2D eigenvalue weighted by molar-refractivity contribution is 7.13. The number of hydrogen-bond donors (Lipinski definition) is 1. The Morgan fingerprint density at radius 1 is 1.19 bits per heavy atom. The quantitative estimate of drug-likeness (QED) is 0.534. The van der Waals surface area contributed by atoms with Crippen molar-refractivity contribution in [3.05, 3.63) is 92.8 Å². The molecular formula is C24H19N5OS. The Balaban J connectivity index is 1.31. The largest absolute Gasteiger partial charge is 0.306 e. The topological polar surface area (TPSA) is 85.7 Å². The smallest absolute Gasteiger partial charge is 0.255 e. The summed E-state index contributed by atoms with van der Waals surface area (Å²) in [7, 11) is 0. The van der Waals surface area contributed by atoms with Crippen LogP contribution < -0.4 is 5.56 Å². The first-order chi connectivity index (χ1) is 15.2. The molecule has 0 atom stereocenters. The van der Waals surface area contributed by atoms with Crippen molar-refractivity contribution in [3.8, 4) is 28.0 Å². The Labute approximate surface area is 183 Å². The molecule has 0 spiro atoms. The van der Waals surface area contributed by atoms with Crippen LogP contribution in [0.3, 0.4) is 0 Å². The van der Waals surface area contributed by atoms with Crippen LogP contribution in [0.4, 0.5) is 0 Å². The molecule has 0 amide bonds. The first kappa shape index (κ1) is 19.4. The number of fused-ring (bicyclic) bond motifs is 1. The minimum atomic E-state index is -0.0519. The number of nitriles is 1. The molecule has 1 aliphatic heterocycles. The van der Waals surface area contributed by atoms with Crippen molar-refractivity contribution in [3.63, 3.8) is 0 Å². The molecule has 5 rings (SSSR count). The minimum Gasteiger partial charge on any atom is -0.306 e. The zero-order chi connectivity index (χ0) is 21.2. The van der Waals surface area contributed by atoms with Crippen LogP contribution in [0.15, 0.2) is 64.9 Å². The molecule has 0 bridgehead atoms. The number of nitrogens with zero attached hydrogens (tertiary/aromatic N) is 4. The molecule has 31 heavy (non-hydrogen) atoms. The average molecular weight is 426 g/mol. The maximum atomic E-state index is 12.7. The number of nitrogens with one attached hydrogen (secondary N) is 1. The van der Waals surface area contributed by atoms with Crippen LogP contribution in [-0.4, -0.2) is 26.4 Å². The fourth-order valence-corrected chi connectivity index (χ4v) is 4.51. The first-order valence-corrected chi connectivity index (χ1v) is 10.9. The van der Waals surface area contributed by atoms with Crippen molar-refractivity contribution in [1.82, 2.24) is 19.9 Å². The summed E-state index contributed by atoms with van der Waals surface area (Å²) in [6.45, 7) is 2.14. The third-order valence-corrected chi connectivity index (χ3v) is 6.30. The van der Waals surface area contributed by atoms with E-state index in [-0.39, 0.29) is 5.56 Å². The normalized spacial score (nSPS) is 13.5. The van der Waals surface area contributed by atoms with Gasteiger partial charge in [-0.2, -0.15) is 5.26 Å². The fourth-order valence-electron chi connectivity index (χ4n) is 3.84. The highest BCUT2D eigenvalue weighted by atomic mass is 32.1. The van der Waals surface area contributed by atoms with E-state index in [1.54, 1.807) is 17.4 Å². The van der Waals surface area contributed by atoms with Gasteiger partial charge in [0.1, 0.15) is 0 Å². The predicted octanol–water partition coefficient (Wildman–Crippen LogP) is 3.99. The van der Waals surface area contributed by atoms with Gasteiger partial charge in [0.2, 0.25) is 0 Å². The standard InChI is InChI=1S/C24H19N5OS/c25-12-16-3-1-4-18(11-16)20-7-6-17(13-26-20)14-29-9-8-21-19(15-29)24(30)28-23(27-21)22-5-2-10-31-22/h1-7,10-11,13H,8-9,14-15H2,(H,27,28,30). The second-order valence-corrected chi connectivity index (χ2v) is 8.47. The van der Waals surface area contributed by atoms with Gasteiger partial charge in [-0.15, -0.1) is 11.3 Å². The van der Waals surface area contributed by atoms with Gasteiger partial charge in [0.25, 0.3) is 5.56 Å². The Hall–Kier alpha value is -3.60. The molecule has 1 N–H and O–H groups in total. The van der Waals surface area contributed by atoms with Crippen molar-refractivity contribution < 1.29 is 0 Å². The molecule has 4 aromatic rings. The second kappa shape index (κ2) is 8.26. The van der Waals surface area contributed by atoms with E-state index in [1.165, 1.54) is 0 Å². The predicted molar refractivity (Wildman–Crippen MR) is 120 cm³/mol. The molecule has 0 unspecified atom stereocenters. The van der Waals surface area contributed by atoms with Gasteiger partial charge in [-0.25, -0.2) is 4.98 Å². The highest BCUT2D eigenvalue weighted by Gasteiger charge is 2.22. The minimum absolute atomic E-state index is 0.0519. The van der Waals surface area contributed by atoms with Crippen LogP contribution in [0.5, 0.6) is 0 Å². The third-order valence-electron chi connectivity index (χ3n) is 5.42. The van der Waals surface area contributed by atoms with Gasteiger partial charge < -0.3 is 4.98 Å². The lowest BCUT2D eigenvalue weighted by Gasteiger charge is -2.27. The van der Waals surface area contributed by atoms with E-state index in [9.17, 15) is 4.79 Å². The molecule has 0 aliphatic carbocycles. The van der Waals surface area contributed by atoms with Crippen LogP contribution in [-0.2, 0) is 19.5 Å². The number of aromatic amines is 1. The van der Waals surface area contributed by atoms with Crippen LogP contribution in [0.1, 0.15) is 22.4 Å². The van der Waals surface area contributed by atoms with Crippen LogP contribution >= 0.6 is 11.3 Å². The summed E-state index contributed by atoms with van der Waals surface area (Å²) in [5, 5.41) is 11.1. The molecule has 152 valence electrons. The summed E-state index contributed by atoms with van der Waals surface area (Å²) >= 11 is 1.57. The van der Waals surface area contributed by atoms with Gasteiger partial charge in [0.05, 0.1) is 33.5 Å². The van der Waals surface area contributed by atoms with Gasteiger partial charge in [-0.05, 0) is 35.2 Å². The van der Waals surface area contributed by atoms with Crippen LogP contribution in [0, 0.1) is 11.3 Å². The van der Waals surface area contributed by atoms with E-state index in [0.29, 0.717) is 17.9 Å². The Bertz CT molecular complexity index is 1320. The van der Waals surface area contributed by atoms with E-state index >= 15 is 0 Å². The van der Waals surface area contributed by atoms with Gasteiger partial charge in [-0.3, -0.25) is 14.7 Å². The number of rotatable bonds is 4. The number of benzene rings is 1. The monoisotopic (exact) mass is 425 g/mol. The molecular weight excluding hydrogens is 406 g/mol. The number of H-pyrrole nitrogens is 1. The Morgan fingerprint density at radius 2 is 2.13 bits per heavy atom. The van der Waals surface area contributed by atoms with Crippen molar-refractivity contribution in [1.29, 1.82) is 5.26 Å². The Morgan fingerprint density at radius 3 is 2.90 bits per heavy atom. The SMILES string of the molecule is N#Cc1cccc(-c2ccc(CN3CCc4nc(-c5cccs5)[nH]c(=O)c4C3)cn2)c1. The number of pyridine rings is 1. The van der Waals surface area contributed by atoms with Crippen LogP contribution in [0.2, 0.25) is 0 Å². The lowest BCUT2D eigenvalue weighted by Crippen LogP contribution is -2.35. The molecule has 0 saturated heterocycles. The van der Waals surface area contributed by atoms with E-state index in [1.807, 2.05) is 48.0 Å². The summed E-state index contributed by atoms with van der Waals surface area (Å²) in [6, 6.07) is 17.6. The van der Waals surface area contributed by atoms with Gasteiger partial charge in [-0.1, -0.05) is 24.3 Å². The maximum Gasteiger partial charge on any atom is 0.255 e. The number of thiophene rings is 1. The summed E-state index contributed by atoms with van der Waals surface area (Å²) in [5.74, 6) is 0.660. The first-order valence-electron chi connectivity index (χ1n) is 10.0. The van der Waals surface area contributed by atoms with Crippen molar-refractivity contribution in [2.24, 2.45) is 0 Å². The highest BCUT2D eigenvalue weighted by Crippen LogP contribution is 2.23. The molecule has 1 aromatic carbocycles. The lowest BCUT2D eigenvalue weighted by molar-refractivity contribution is 0.241. The fraction of sp³-hybridized carbons (Fsp3) is 0.167. The molecule has 3 aromatic heterocycles. The van der Waals surface area contributed by atoms with Crippen molar-refractivity contribution >= 4 is 11.3 Å². The number of hydrogen-bond acceptors (Lipinski definition) is 6. The molecule has 0 radical (unpaired) electrons. The lowest BCUT2D eigenvalue weighted by atomic mass is 10.1. The van der Waals surface area contributed by atoms with Crippen molar-refractivity contribution in [2.75, 3.05) is 6.54 Å². The second-order valence-electron chi connectivity index (χ2n) is 7.52. The number of aromatic nitrogens is 3. The summed E-state index contributed by atoms with van der Waals surface area (Å²) in [6.07, 6.45) is 2.62. The molecule has 7 heteroatoms. The van der Waals surface area contributed by atoms with Crippen LogP contribution in [0.25, 0.3) is 22.0 Å². The molecule has 0 fully saturated rings. The summed E-state index contributed by atoms with van der Waals surface area (Å²) < 4.78 is 0. The average Bonchev–Trinajstić information content (AvgIpc) is 3.35. The van der Waals surface area contributed by atoms with E-state index in [4.69, 9.17) is 10.2 Å². The van der Waals surface area contributed by atoms with Gasteiger partial charge in [0.15, 0.2) is 5.82 Å². The van der Waals surface area contributed by atoms with Gasteiger partial charge in [0, 0.05) is 37.8 Å². The third kappa shape index (κ3) is 4.04. The van der Waals surface area contributed by atoms with Crippen molar-refractivity contribution in [2.45, 2.75) is 19.5 Å². The molecule has 6 nitrogen and oxygen atoms in total. The summed E-state index contributed by atoms with van der Waals surface area (Å²) in [4.78, 5) is 28.1. The van der Waals surface area contributed by atoms with E-state index in [2.05, 4.69) is 27.0 Å².